The number of urea groups is 1. The number of carbonyl (C=O) groups is 3. The predicted octanol–water partition coefficient (Wildman–Crippen LogP) is 1.00. The van der Waals surface area contributed by atoms with Crippen LogP contribution in [0, 0.1) is 0 Å². The second-order valence-corrected chi connectivity index (χ2v) is 4.61. The lowest BCUT2D eigenvalue weighted by Crippen LogP contribution is -2.51. The average Bonchev–Trinajstić information content (AvgIpc) is 2.38. The summed E-state index contributed by atoms with van der Waals surface area (Å²) in [6.07, 6.45) is 0. The van der Waals surface area contributed by atoms with Crippen molar-refractivity contribution in [2.24, 2.45) is 0 Å². The Kier molecular flexibility index (Phi) is 4.09. The quantitative estimate of drug-likeness (QED) is 0.758. The number of hydrogen-bond acceptors (Lipinski definition) is 3. The number of nitrogens with zero attached hydrogens (tertiary/aromatic N) is 1. The van der Waals surface area contributed by atoms with E-state index in [0.717, 1.165) is 0 Å². The van der Waals surface area contributed by atoms with Crippen molar-refractivity contribution < 1.29 is 19.5 Å². The lowest BCUT2D eigenvalue weighted by molar-refractivity contribution is -0.123. The molecule has 0 bridgehead atoms. The van der Waals surface area contributed by atoms with E-state index in [1.807, 2.05) is 0 Å². The minimum absolute atomic E-state index is 0.00717. The highest BCUT2D eigenvalue weighted by Crippen LogP contribution is 2.21. The third-order valence-electron chi connectivity index (χ3n) is 2.78. The number of aromatic carboxylic acids is 1. The highest BCUT2D eigenvalue weighted by atomic mass is 35.5. The zero-order valence-electron chi connectivity index (χ0n) is 10.4. The van der Waals surface area contributed by atoms with Gasteiger partial charge in [-0.3, -0.25) is 4.79 Å². The summed E-state index contributed by atoms with van der Waals surface area (Å²) in [4.78, 5) is 35.3. The van der Waals surface area contributed by atoms with Gasteiger partial charge in [-0.25, -0.2) is 9.59 Å². The van der Waals surface area contributed by atoms with Crippen LogP contribution in [0.4, 0.5) is 10.5 Å². The van der Waals surface area contributed by atoms with Crippen LogP contribution < -0.4 is 10.6 Å². The van der Waals surface area contributed by atoms with Crippen molar-refractivity contribution in [3.8, 4) is 0 Å². The first-order valence-corrected chi connectivity index (χ1v) is 6.20. The normalized spacial score (nSPS) is 14.7. The number of rotatable bonds is 2. The molecule has 1 aliphatic heterocycles. The summed E-state index contributed by atoms with van der Waals surface area (Å²) in [5.41, 5.74) is 0.331. The van der Waals surface area contributed by atoms with Crippen LogP contribution in [0.3, 0.4) is 0 Å². The minimum Gasteiger partial charge on any atom is -0.478 e. The monoisotopic (exact) mass is 297 g/mol. The van der Waals surface area contributed by atoms with Crippen LogP contribution >= 0.6 is 11.6 Å². The van der Waals surface area contributed by atoms with Crippen LogP contribution in [0.1, 0.15) is 10.4 Å². The predicted molar refractivity (Wildman–Crippen MR) is 72.0 cm³/mol. The molecule has 3 amide bonds. The first kappa shape index (κ1) is 14.1. The van der Waals surface area contributed by atoms with Crippen molar-refractivity contribution in [3.05, 3.63) is 28.8 Å². The molecule has 106 valence electrons. The highest BCUT2D eigenvalue weighted by molar-refractivity contribution is 6.33. The van der Waals surface area contributed by atoms with Gasteiger partial charge >= 0.3 is 12.0 Å². The lowest BCUT2D eigenvalue weighted by Gasteiger charge is -2.26. The first-order chi connectivity index (χ1) is 9.47. The molecule has 1 aliphatic rings. The molecule has 1 aromatic rings. The molecule has 0 atom stereocenters. The smallest absolute Gasteiger partial charge is 0.337 e. The van der Waals surface area contributed by atoms with Crippen LogP contribution in [0.15, 0.2) is 18.2 Å². The van der Waals surface area contributed by atoms with Gasteiger partial charge in [-0.15, -0.1) is 0 Å². The number of carbonyl (C=O) groups excluding carboxylic acids is 2. The molecule has 1 aromatic carbocycles. The van der Waals surface area contributed by atoms with Crippen LogP contribution in [-0.4, -0.2) is 47.5 Å². The third kappa shape index (κ3) is 3.18. The molecule has 7 nitrogen and oxygen atoms in total. The van der Waals surface area contributed by atoms with Gasteiger partial charge in [0.15, 0.2) is 0 Å². The van der Waals surface area contributed by atoms with Gasteiger partial charge in [-0.05, 0) is 18.2 Å². The standard InChI is InChI=1S/C12H12ClN3O4/c13-9-5-7(1-2-8(9)11(18)19)15-12(20)16-4-3-14-10(17)6-16/h1-2,5H,3-4,6H2,(H,14,17)(H,15,20)(H,18,19). The fourth-order valence-electron chi connectivity index (χ4n) is 1.78. The minimum atomic E-state index is -1.14. The van der Waals surface area contributed by atoms with Crippen LogP contribution in [-0.2, 0) is 4.79 Å². The summed E-state index contributed by atoms with van der Waals surface area (Å²) < 4.78 is 0. The van der Waals surface area contributed by atoms with E-state index in [1.165, 1.54) is 23.1 Å². The van der Waals surface area contributed by atoms with Gasteiger partial charge in [-0.1, -0.05) is 11.6 Å². The molecule has 0 saturated carbocycles. The van der Waals surface area contributed by atoms with Crippen molar-refractivity contribution in [1.29, 1.82) is 0 Å². The van der Waals surface area contributed by atoms with Crippen molar-refractivity contribution in [2.45, 2.75) is 0 Å². The molecule has 20 heavy (non-hydrogen) atoms. The summed E-state index contributed by atoms with van der Waals surface area (Å²) in [5.74, 6) is -1.36. The number of benzene rings is 1. The molecule has 1 fully saturated rings. The molecular weight excluding hydrogens is 286 g/mol. The zero-order chi connectivity index (χ0) is 14.7. The zero-order valence-corrected chi connectivity index (χ0v) is 11.1. The van der Waals surface area contributed by atoms with E-state index < -0.39 is 12.0 Å². The van der Waals surface area contributed by atoms with Crippen LogP contribution in [0.2, 0.25) is 5.02 Å². The average molecular weight is 298 g/mol. The number of nitrogens with one attached hydrogen (secondary N) is 2. The fourth-order valence-corrected chi connectivity index (χ4v) is 2.04. The first-order valence-electron chi connectivity index (χ1n) is 5.83. The topological polar surface area (TPSA) is 98.7 Å². The van der Waals surface area contributed by atoms with Gasteiger partial charge in [0.2, 0.25) is 5.91 Å². The van der Waals surface area contributed by atoms with Gasteiger partial charge in [0.1, 0.15) is 6.54 Å². The maximum Gasteiger partial charge on any atom is 0.337 e. The summed E-state index contributed by atoms with van der Waals surface area (Å²) in [7, 11) is 0. The van der Waals surface area contributed by atoms with Gasteiger partial charge in [0.25, 0.3) is 0 Å². The molecule has 0 unspecified atom stereocenters. The van der Waals surface area contributed by atoms with E-state index in [1.54, 1.807) is 0 Å². The second-order valence-electron chi connectivity index (χ2n) is 4.20. The molecule has 8 heteroatoms. The van der Waals surface area contributed by atoms with Gasteiger partial charge in [-0.2, -0.15) is 0 Å². The van der Waals surface area contributed by atoms with Gasteiger partial charge < -0.3 is 20.6 Å². The largest absolute Gasteiger partial charge is 0.478 e. The number of anilines is 1. The summed E-state index contributed by atoms with van der Waals surface area (Å²) in [6, 6.07) is 3.67. The van der Waals surface area contributed by atoms with Crippen molar-refractivity contribution in [3.63, 3.8) is 0 Å². The number of hydrogen-bond donors (Lipinski definition) is 3. The number of carboxylic acid groups (broad SMARTS) is 1. The Bertz CT molecular complexity index is 576. The number of halogens is 1. The maximum atomic E-state index is 11.9. The SMILES string of the molecule is O=C1CN(C(=O)Nc2ccc(C(=O)O)c(Cl)c2)CCN1. The Labute approximate surface area is 119 Å². The molecule has 2 rings (SSSR count). The Morgan fingerprint density at radius 1 is 1.40 bits per heavy atom. The summed E-state index contributed by atoms with van der Waals surface area (Å²) in [6.45, 7) is 0.816. The number of carboxylic acids is 1. The van der Waals surface area contributed by atoms with Crippen molar-refractivity contribution in [2.75, 3.05) is 25.0 Å². The summed E-state index contributed by atoms with van der Waals surface area (Å²) >= 11 is 5.81. The molecule has 1 saturated heterocycles. The van der Waals surface area contributed by atoms with Crippen molar-refractivity contribution >= 4 is 35.2 Å². The van der Waals surface area contributed by atoms with Gasteiger partial charge in [0.05, 0.1) is 10.6 Å². The molecular formula is C12H12ClN3O4. The molecule has 0 spiro atoms. The van der Waals surface area contributed by atoms with E-state index in [4.69, 9.17) is 16.7 Å². The molecule has 0 radical (unpaired) electrons. The summed E-state index contributed by atoms with van der Waals surface area (Å²) in [5, 5.41) is 14.1. The van der Waals surface area contributed by atoms with E-state index in [0.29, 0.717) is 18.8 Å². The van der Waals surface area contributed by atoms with Gasteiger partial charge in [0, 0.05) is 18.8 Å². The van der Waals surface area contributed by atoms with E-state index >= 15 is 0 Å². The number of amides is 3. The van der Waals surface area contributed by atoms with E-state index in [-0.39, 0.29) is 23.0 Å². The van der Waals surface area contributed by atoms with E-state index in [9.17, 15) is 14.4 Å². The second kappa shape index (κ2) is 5.79. The fraction of sp³-hybridized carbons (Fsp3) is 0.250. The third-order valence-corrected chi connectivity index (χ3v) is 3.09. The Morgan fingerprint density at radius 3 is 2.75 bits per heavy atom. The number of piperazine rings is 1. The molecule has 3 N–H and O–H groups in total. The molecule has 0 aliphatic carbocycles. The Hall–Kier alpha value is -2.28. The van der Waals surface area contributed by atoms with E-state index in [2.05, 4.69) is 10.6 Å². The molecule has 1 heterocycles. The van der Waals surface area contributed by atoms with Crippen molar-refractivity contribution in [1.82, 2.24) is 10.2 Å². The van der Waals surface area contributed by atoms with Crippen LogP contribution in [0.5, 0.6) is 0 Å². The molecule has 0 aromatic heterocycles. The Morgan fingerprint density at radius 2 is 2.15 bits per heavy atom. The Balaban J connectivity index is 2.06. The lowest BCUT2D eigenvalue weighted by atomic mass is 10.2. The highest BCUT2D eigenvalue weighted by Gasteiger charge is 2.21. The maximum absolute atomic E-state index is 11.9. The van der Waals surface area contributed by atoms with Crippen LogP contribution in [0.25, 0.3) is 0 Å².